The van der Waals surface area contributed by atoms with Crippen LogP contribution >= 0.6 is 11.8 Å². The lowest BCUT2D eigenvalue weighted by molar-refractivity contribution is 0.416. The van der Waals surface area contributed by atoms with Crippen molar-refractivity contribution in [3.05, 3.63) is 54.6 Å². The predicted molar refractivity (Wildman–Crippen MR) is 87.8 cm³/mol. The Labute approximate surface area is 128 Å². The van der Waals surface area contributed by atoms with Crippen LogP contribution in [-0.4, -0.2) is 23.6 Å². The van der Waals surface area contributed by atoms with Gasteiger partial charge in [0.05, 0.1) is 12.8 Å². The number of benzene rings is 2. The van der Waals surface area contributed by atoms with Crippen LogP contribution in [0.25, 0.3) is 22.4 Å². The lowest BCUT2D eigenvalue weighted by Crippen LogP contribution is -1.89. The summed E-state index contributed by atoms with van der Waals surface area (Å²) in [6.07, 6.45) is 2.03. The first-order valence-electron chi connectivity index (χ1n) is 6.66. The second-order valence-corrected chi connectivity index (χ2v) is 5.34. The predicted octanol–water partition coefficient (Wildman–Crippen LogP) is 4.47. The minimum Gasteiger partial charge on any atom is -0.496 e. The molecular weight excluding hydrogens is 280 g/mol. The molecule has 21 heavy (non-hydrogen) atoms. The molecule has 0 saturated heterocycles. The van der Waals surface area contributed by atoms with Gasteiger partial charge in [0, 0.05) is 16.7 Å². The van der Waals surface area contributed by atoms with Crippen LogP contribution in [0.1, 0.15) is 0 Å². The molecule has 0 atom stereocenters. The maximum Gasteiger partial charge on any atom is 0.126 e. The number of aromatic nitrogens is 2. The van der Waals surface area contributed by atoms with Crippen molar-refractivity contribution in [1.82, 2.24) is 10.2 Å². The maximum atomic E-state index is 5.51. The van der Waals surface area contributed by atoms with Crippen LogP contribution in [0.15, 0.2) is 59.6 Å². The van der Waals surface area contributed by atoms with Gasteiger partial charge in [0.15, 0.2) is 0 Å². The van der Waals surface area contributed by atoms with Gasteiger partial charge >= 0.3 is 0 Å². The van der Waals surface area contributed by atoms with Crippen LogP contribution in [0, 0.1) is 0 Å². The summed E-state index contributed by atoms with van der Waals surface area (Å²) < 4.78 is 5.51. The number of ether oxygens (including phenoxy) is 1. The molecule has 2 aromatic carbocycles. The van der Waals surface area contributed by atoms with Gasteiger partial charge in [0.2, 0.25) is 0 Å². The monoisotopic (exact) mass is 296 g/mol. The zero-order valence-corrected chi connectivity index (χ0v) is 12.8. The third-order valence-electron chi connectivity index (χ3n) is 3.37. The van der Waals surface area contributed by atoms with E-state index >= 15 is 0 Å². The van der Waals surface area contributed by atoms with E-state index in [9.17, 15) is 0 Å². The summed E-state index contributed by atoms with van der Waals surface area (Å²) in [4.78, 5) is 0. The summed E-state index contributed by atoms with van der Waals surface area (Å²) >= 11 is 1.63. The van der Waals surface area contributed by atoms with Crippen LogP contribution in [0.2, 0.25) is 0 Å². The molecule has 0 spiro atoms. The zero-order chi connectivity index (χ0) is 14.7. The summed E-state index contributed by atoms with van der Waals surface area (Å²) in [5, 5.41) is 8.58. The van der Waals surface area contributed by atoms with Crippen LogP contribution in [-0.2, 0) is 0 Å². The fourth-order valence-electron chi connectivity index (χ4n) is 2.39. The number of aromatic amines is 1. The van der Waals surface area contributed by atoms with Crippen molar-refractivity contribution in [1.29, 1.82) is 0 Å². The Morgan fingerprint density at radius 3 is 2.43 bits per heavy atom. The smallest absolute Gasteiger partial charge is 0.126 e. The summed E-state index contributed by atoms with van der Waals surface area (Å²) in [5.74, 6) is 0.853. The Balaban J connectivity index is 2.24. The molecule has 0 unspecified atom stereocenters. The summed E-state index contributed by atoms with van der Waals surface area (Å²) in [6.45, 7) is 0. The van der Waals surface area contributed by atoms with Gasteiger partial charge in [-0.1, -0.05) is 48.5 Å². The van der Waals surface area contributed by atoms with Crippen LogP contribution in [0.4, 0.5) is 0 Å². The molecule has 0 aliphatic carbocycles. The molecule has 4 heteroatoms. The highest BCUT2D eigenvalue weighted by molar-refractivity contribution is 7.98. The Kier molecular flexibility index (Phi) is 3.97. The molecule has 0 amide bonds. The number of hydrogen-bond donors (Lipinski definition) is 1. The summed E-state index contributed by atoms with van der Waals surface area (Å²) in [6, 6.07) is 18.3. The van der Waals surface area contributed by atoms with E-state index in [0.29, 0.717) is 0 Å². The van der Waals surface area contributed by atoms with Crippen molar-refractivity contribution in [3.63, 3.8) is 0 Å². The normalized spacial score (nSPS) is 10.6. The second kappa shape index (κ2) is 6.06. The van der Waals surface area contributed by atoms with Gasteiger partial charge in [-0.15, -0.1) is 11.8 Å². The van der Waals surface area contributed by atoms with Gasteiger partial charge < -0.3 is 4.74 Å². The molecule has 0 saturated carbocycles. The van der Waals surface area contributed by atoms with Crippen molar-refractivity contribution < 1.29 is 4.74 Å². The lowest BCUT2D eigenvalue weighted by Gasteiger charge is -2.10. The van der Waals surface area contributed by atoms with Gasteiger partial charge in [0.25, 0.3) is 0 Å². The van der Waals surface area contributed by atoms with E-state index in [-0.39, 0.29) is 0 Å². The number of nitrogens with zero attached hydrogens (tertiary/aromatic N) is 1. The Morgan fingerprint density at radius 1 is 1.00 bits per heavy atom. The third-order valence-corrected chi connectivity index (χ3v) is 4.05. The molecule has 0 aliphatic heterocycles. The van der Waals surface area contributed by atoms with E-state index in [4.69, 9.17) is 4.74 Å². The summed E-state index contributed by atoms with van der Waals surface area (Å²) in [7, 11) is 1.69. The van der Waals surface area contributed by atoms with Gasteiger partial charge in [-0.3, -0.25) is 5.10 Å². The number of para-hydroxylation sites is 1. The van der Waals surface area contributed by atoms with Crippen LogP contribution < -0.4 is 4.74 Å². The fraction of sp³-hybridized carbons (Fsp3) is 0.118. The number of hydrogen-bond acceptors (Lipinski definition) is 3. The van der Waals surface area contributed by atoms with Gasteiger partial charge in [0.1, 0.15) is 10.8 Å². The zero-order valence-electron chi connectivity index (χ0n) is 12.0. The molecule has 1 heterocycles. The Bertz CT molecular complexity index is 738. The lowest BCUT2D eigenvalue weighted by atomic mass is 10.0. The number of rotatable bonds is 4. The van der Waals surface area contributed by atoms with E-state index < -0.39 is 0 Å². The van der Waals surface area contributed by atoms with Crippen molar-refractivity contribution in [2.75, 3.05) is 13.4 Å². The van der Waals surface area contributed by atoms with Crippen LogP contribution in [0.3, 0.4) is 0 Å². The van der Waals surface area contributed by atoms with E-state index in [1.807, 2.05) is 42.7 Å². The van der Waals surface area contributed by atoms with E-state index in [1.165, 1.54) is 0 Å². The van der Waals surface area contributed by atoms with E-state index in [0.717, 1.165) is 33.2 Å². The molecule has 3 nitrogen and oxygen atoms in total. The molecule has 0 fully saturated rings. The number of H-pyrrole nitrogens is 1. The molecule has 1 aromatic heterocycles. The third kappa shape index (κ3) is 2.54. The van der Waals surface area contributed by atoms with Crippen molar-refractivity contribution >= 4 is 11.8 Å². The standard InChI is InChI=1S/C17H16N2OS/c1-20-14-11-7-6-10-13(14)15-16(18-19-17(15)21-2)12-8-4-3-5-9-12/h3-11H,1-2H3,(H,18,19). The number of methoxy groups -OCH3 is 1. The number of nitrogens with one attached hydrogen (secondary N) is 1. The second-order valence-electron chi connectivity index (χ2n) is 4.55. The number of thioether (sulfide) groups is 1. The van der Waals surface area contributed by atoms with E-state index in [1.54, 1.807) is 18.9 Å². The van der Waals surface area contributed by atoms with Gasteiger partial charge in [-0.05, 0) is 12.3 Å². The average molecular weight is 296 g/mol. The van der Waals surface area contributed by atoms with Crippen molar-refractivity contribution in [2.24, 2.45) is 0 Å². The highest BCUT2D eigenvalue weighted by Crippen LogP contribution is 2.41. The molecule has 106 valence electrons. The first-order chi connectivity index (χ1) is 10.3. The molecule has 3 rings (SSSR count). The van der Waals surface area contributed by atoms with Gasteiger partial charge in [-0.2, -0.15) is 5.10 Å². The molecule has 3 aromatic rings. The SMILES string of the molecule is COc1ccccc1-c1c(SC)n[nH]c1-c1ccccc1. The Morgan fingerprint density at radius 2 is 1.71 bits per heavy atom. The highest BCUT2D eigenvalue weighted by atomic mass is 32.2. The first kappa shape index (κ1) is 13.8. The van der Waals surface area contributed by atoms with Crippen molar-refractivity contribution in [2.45, 2.75) is 5.03 Å². The minimum atomic E-state index is 0.853. The minimum absolute atomic E-state index is 0.853. The largest absolute Gasteiger partial charge is 0.496 e. The molecule has 0 aliphatic rings. The van der Waals surface area contributed by atoms with Crippen LogP contribution in [0.5, 0.6) is 5.75 Å². The first-order valence-corrected chi connectivity index (χ1v) is 7.88. The molecule has 0 radical (unpaired) electrons. The maximum absolute atomic E-state index is 5.51. The van der Waals surface area contributed by atoms with Crippen molar-refractivity contribution in [3.8, 4) is 28.1 Å². The molecule has 1 N–H and O–H groups in total. The Hall–Kier alpha value is -2.20. The fourth-order valence-corrected chi connectivity index (χ4v) is 2.94. The molecular formula is C17H16N2OS. The summed E-state index contributed by atoms with van der Waals surface area (Å²) in [5.41, 5.74) is 4.28. The topological polar surface area (TPSA) is 37.9 Å². The quantitative estimate of drug-likeness (QED) is 0.722. The highest BCUT2D eigenvalue weighted by Gasteiger charge is 2.18. The van der Waals surface area contributed by atoms with E-state index in [2.05, 4.69) is 28.4 Å². The average Bonchev–Trinajstić information content (AvgIpc) is 2.99. The van der Waals surface area contributed by atoms with Gasteiger partial charge in [-0.25, -0.2) is 0 Å². The molecule has 0 bridgehead atoms.